The Kier molecular flexibility index (Phi) is 3.88. The number of nitrogens with two attached hydrogens (primary N) is 1. The molecular weight excluding hydrogens is 289 g/mol. The van der Waals surface area contributed by atoms with Gasteiger partial charge in [0.2, 0.25) is 0 Å². The first-order valence-electron chi connectivity index (χ1n) is 6.94. The van der Waals surface area contributed by atoms with Crippen molar-refractivity contribution in [1.82, 2.24) is 0 Å². The van der Waals surface area contributed by atoms with Crippen molar-refractivity contribution in [2.45, 2.75) is 0 Å². The molecule has 21 heavy (non-hydrogen) atoms. The second-order valence-electron chi connectivity index (χ2n) is 5.13. The lowest BCUT2D eigenvalue weighted by Gasteiger charge is -2.38. The minimum absolute atomic E-state index is 0.300. The van der Waals surface area contributed by atoms with Crippen LogP contribution >= 0.6 is 11.6 Å². The summed E-state index contributed by atoms with van der Waals surface area (Å²) in [6.45, 7) is 3.39. The summed E-state index contributed by atoms with van der Waals surface area (Å²) in [7, 11) is 0. The molecule has 1 heterocycles. The second kappa shape index (κ2) is 5.82. The van der Waals surface area contributed by atoms with Crippen molar-refractivity contribution in [3.8, 4) is 0 Å². The summed E-state index contributed by atoms with van der Waals surface area (Å²) in [6, 6.07) is 12.4. The molecule has 3 rings (SSSR count). The lowest BCUT2D eigenvalue weighted by Crippen LogP contribution is -2.46. The van der Waals surface area contributed by atoms with E-state index < -0.39 is 0 Å². The third kappa shape index (κ3) is 2.90. The Bertz CT molecular complexity index is 639. The lowest BCUT2D eigenvalue weighted by atomic mass is 10.2. The summed E-state index contributed by atoms with van der Waals surface area (Å²) in [6.07, 6.45) is 0. The van der Waals surface area contributed by atoms with Gasteiger partial charge in [-0.2, -0.15) is 0 Å². The average Bonchev–Trinajstić information content (AvgIpc) is 2.48. The standard InChI is InChI=1S/C16H17ClFN3/c17-13-3-1-2-4-15(13)20-7-9-21(10-8-20)16-6-5-12(18)11-14(16)19/h1-6,11H,7-10,19H2. The normalized spacial score (nSPS) is 15.3. The van der Waals surface area contributed by atoms with Gasteiger partial charge in [-0.25, -0.2) is 4.39 Å². The first-order valence-corrected chi connectivity index (χ1v) is 7.32. The number of hydrogen-bond donors (Lipinski definition) is 1. The highest BCUT2D eigenvalue weighted by molar-refractivity contribution is 6.33. The largest absolute Gasteiger partial charge is 0.397 e. The van der Waals surface area contributed by atoms with E-state index in [1.807, 2.05) is 24.3 Å². The summed E-state index contributed by atoms with van der Waals surface area (Å²) in [5.41, 5.74) is 8.35. The molecule has 1 fully saturated rings. The Hall–Kier alpha value is -1.94. The van der Waals surface area contributed by atoms with E-state index in [9.17, 15) is 4.39 Å². The van der Waals surface area contributed by atoms with Crippen LogP contribution in [0.1, 0.15) is 0 Å². The summed E-state index contributed by atoms with van der Waals surface area (Å²) in [5, 5.41) is 0.771. The van der Waals surface area contributed by atoms with Crippen molar-refractivity contribution in [2.75, 3.05) is 41.7 Å². The van der Waals surface area contributed by atoms with Gasteiger partial charge in [0.25, 0.3) is 0 Å². The number of piperazine rings is 1. The van der Waals surface area contributed by atoms with Gasteiger partial charge in [0.1, 0.15) is 5.82 Å². The van der Waals surface area contributed by atoms with Gasteiger partial charge in [-0.1, -0.05) is 23.7 Å². The molecule has 3 nitrogen and oxygen atoms in total. The van der Waals surface area contributed by atoms with Crippen molar-refractivity contribution in [2.24, 2.45) is 0 Å². The Labute approximate surface area is 128 Å². The molecule has 2 N–H and O–H groups in total. The van der Waals surface area contributed by atoms with Crippen molar-refractivity contribution >= 4 is 28.7 Å². The van der Waals surface area contributed by atoms with Gasteiger partial charge in [0.05, 0.1) is 22.1 Å². The average molecular weight is 306 g/mol. The minimum Gasteiger partial charge on any atom is -0.397 e. The van der Waals surface area contributed by atoms with Gasteiger partial charge in [-0.05, 0) is 30.3 Å². The van der Waals surface area contributed by atoms with Gasteiger partial charge in [0.15, 0.2) is 0 Å². The smallest absolute Gasteiger partial charge is 0.125 e. The molecule has 1 saturated heterocycles. The number of benzene rings is 2. The van der Waals surface area contributed by atoms with Crippen molar-refractivity contribution in [1.29, 1.82) is 0 Å². The van der Waals surface area contributed by atoms with Crippen LogP contribution in [0.15, 0.2) is 42.5 Å². The Morgan fingerprint density at radius 2 is 1.52 bits per heavy atom. The summed E-state index contributed by atoms with van der Waals surface area (Å²) >= 11 is 6.24. The molecule has 1 aliphatic heterocycles. The predicted octanol–water partition coefficient (Wildman–Crippen LogP) is 3.39. The highest BCUT2D eigenvalue weighted by atomic mass is 35.5. The molecule has 1 aliphatic rings. The molecule has 2 aromatic carbocycles. The van der Waals surface area contributed by atoms with Crippen LogP contribution in [-0.4, -0.2) is 26.2 Å². The van der Waals surface area contributed by atoms with Crippen LogP contribution in [0.2, 0.25) is 5.02 Å². The van der Waals surface area contributed by atoms with Crippen LogP contribution in [-0.2, 0) is 0 Å². The van der Waals surface area contributed by atoms with Crippen molar-refractivity contribution in [3.05, 3.63) is 53.3 Å². The molecule has 0 spiro atoms. The highest BCUT2D eigenvalue weighted by Crippen LogP contribution is 2.29. The van der Waals surface area contributed by atoms with Crippen molar-refractivity contribution in [3.63, 3.8) is 0 Å². The van der Waals surface area contributed by atoms with E-state index >= 15 is 0 Å². The van der Waals surface area contributed by atoms with Gasteiger partial charge in [-0.15, -0.1) is 0 Å². The predicted molar refractivity (Wildman–Crippen MR) is 86.7 cm³/mol. The third-order valence-corrected chi connectivity index (χ3v) is 4.12. The fourth-order valence-corrected chi connectivity index (χ4v) is 2.97. The van der Waals surface area contributed by atoms with Crippen LogP contribution in [0.5, 0.6) is 0 Å². The number of nitrogens with zero attached hydrogens (tertiary/aromatic N) is 2. The van der Waals surface area contributed by atoms with Crippen LogP contribution in [0.3, 0.4) is 0 Å². The van der Waals surface area contributed by atoms with Crippen LogP contribution in [0, 0.1) is 5.82 Å². The topological polar surface area (TPSA) is 32.5 Å². The molecule has 0 saturated carbocycles. The molecule has 0 aliphatic carbocycles. The molecule has 0 amide bonds. The van der Waals surface area contributed by atoms with E-state index in [1.165, 1.54) is 12.1 Å². The van der Waals surface area contributed by atoms with Crippen LogP contribution in [0.4, 0.5) is 21.5 Å². The molecule has 0 unspecified atom stereocenters. The molecule has 0 aromatic heterocycles. The van der Waals surface area contributed by atoms with Crippen molar-refractivity contribution < 1.29 is 4.39 Å². The fraction of sp³-hybridized carbons (Fsp3) is 0.250. The third-order valence-electron chi connectivity index (χ3n) is 3.80. The van der Waals surface area contributed by atoms with Gasteiger partial charge in [0, 0.05) is 26.2 Å². The van der Waals surface area contributed by atoms with E-state index in [4.69, 9.17) is 17.3 Å². The first-order chi connectivity index (χ1) is 10.1. The zero-order valence-corrected chi connectivity index (χ0v) is 12.4. The molecule has 0 radical (unpaired) electrons. The first kappa shape index (κ1) is 14.0. The maximum absolute atomic E-state index is 13.1. The Morgan fingerprint density at radius 3 is 2.14 bits per heavy atom. The van der Waals surface area contributed by atoms with E-state index in [-0.39, 0.29) is 5.82 Å². The van der Waals surface area contributed by atoms with Crippen LogP contribution in [0.25, 0.3) is 0 Å². The van der Waals surface area contributed by atoms with Gasteiger partial charge < -0.3 is 15.5 Å². The lowest BCUT2D eigenvalue weighted by molar-refractivity contribution is 0.626. The molecule has 0 atom stereocenters. The maximum Gasteiger partial charge on any atom is 0.125 e. The monoisotopic (exact) mass is 305 g/mol. The van der Waals surface area contributed by atoms with Gasteiger partial charge >= 0.3 is 0 Å². The van der Waals surface area contributed by atoms with E-state index in [0.29, 0.717) is 5.69 Å². The Morgan fingerprint density at radius 1 is 0.905 bits per heavy atom. The van der Waals surface area contributed by atoms with E-state index in [1.54, 1.807) is 6.07 Å². The summed E-state index contributed by atoms with van der Waals surface area (Å²) < 4.78 is 13.1. The SMILES string of the molecule is Nc1cc(F)ccc1N1CCN(c2ccccc2Cl)CC1. The van der Waals surface area contributed by atoms with E-state index in [0.717, 1.165) is 42.6 Å². The zero-order chi connectivity index (χ0) is 14.8. The number of nitrogen functional groups attached to an aromatic ring is 1. The minimum atomic E-state index is -0.300. The number of halogens is 2. The molecule has 0 bridgehead atoms. The summed E-state index contributed by atoms with van der Waals surface area (Å²) in [4.78, 5) is 4.45. The van der Waals surface area contributed by atoms with Gasteiger partial charge in [-0.3, -0.25) is 0 Å². The Balaban J connectivity index is 1.72. The summed E-state index contributed by atoms with van der Waals surface area (Å²) in [5.74, 6) is -0.300. The number of rotatable bonds is 2. The number of para-hydroxylation sites is 1. The van der Waals surface area contributed by atoms with E-state index in [2.05, 4.69) is 9.80 Å². The quantitative estimate of drug-likeness (QED) is 0.863. The zero-order valence-electron chi connectivity index (χ0n) is 11.6. The maximum atomic E-state index is 13.1. The van der Waals surface area contributed by atoms with Crippen LogP contribution < -0.4 is 15.5 Å². The second-order valence-corrected chi connectivity index (χ2v) is 5.54. The number of anilines is 3. The molecule has 5 heteroatoms. The highest BCUT2D eigenvalue weighted by Gasteiger charge is 2.20. The fourth-order valence-electron chi connectivity index (χ4n) is 2.71. The number of hydrogen-bond acceptors (Lipinski definition) is 3. The molecule has 2 aromatic rings. The molecular formula is C16H17ClFN3. The molecule has 110 valence electrons.